The Morgan fingerprint density at radius 1 is 0.680 bits per heavy atom. The SMILES string of the molecule is [3H]C(P)C(=O)CNC(=O)CCC(=O)NC(CSSCC(NC(=O)CCC(=O)NCC(=O)C([3H])P)C(=O)NCCSC1CCC1SCCNC)C(C)=O. The van der Waals surface area contributed by atoms with Gasteiger partial charge in [-0.25, -0.2) is 0 Å². The molecule has 1 fully saturated rings. The summed E-state index contributed by atoms with van der Waals surface area (Å²) in [5.74, 6) is -1.84. The van der Waals surface area contributed by atoms with E-state index >= 15 is 0 Å². The summed E-state index contributed by atoms with van der Waals surface area (Å²) in [6.07, 6.45) is -0.668. The van der Waals surface area contributed by atoms with E-state index in [1.54, 1.807) is 0 Å². The average Bonchev–Trinajstić information content (AvgIpc) is 3.09. The van der Waals surface area contributed by atoms with E-state index in [1.165, 1.54) is 34.9 Å². The molecule has 14 nitrogen and oxygen atoms in total. The third-order valence-corrected chi connectivity index (χ3v) is 13.2. The summed E-state index contributed by atoms with van der Waals surface area (Å²) < 4.78 is 14.6. The minimum Gasteiger partial charge on any atom is -0.353 e. The highest BCUT2D eigenvalue weighted by molar-refractivity contribution is 8.76. The highest BCUT2D eigenvalue weighted by Gasteiger charge is 2.31. The third kappa shape index (κ3) is 21.8. The first-order valence-corrected chi connectivity index (χ1v) is 22.0. The molecule has 1 rings (SSSR count). The van der Waals surface area contributed by atoms with E-state index in [0.29, 0.717) is 22.8 Å². The number of Topliss-reactive ketones (excluding diaryl/α,β-unsaturated/α-hetero) is 3. The van der Waals surface area contributed by atoms with Gasteiger partial charge in [0, 0.05) is 87.3 Å². The van der Waals surface area contributed by atoms with Crippen molar-refractivity contribution in [3.8, 4) is 0 Å². The largest absolute Gasteiger partial charge is 0.353 e. The Morgan fingerprint density at radius 2 is 1.12 bits per heavy atom. The molecule has 0 saturated heterocycles. The van der Waals surface area contributed by atoms with Crippen molar-refractivity contribution in [2.24, 2.45) is 0 Å². The molecule has 0 aliphatic heterocycles. The molecule has 0 aromatic carbocycles. The topological polar surface area (TPSA) is 209 Å². The van der Waals surface area contributed by atoms with Gasteiger partial charge in [0.25, 0.3) is 0 Å². The van der Waals surface area contributed by atoms with E-state index in [2.05, 4.69) is 31.9 Å². The van der Waals surface area contributed by atoms with E-state index < -0.39 is 65.5 Å². The molecular formula is C30H52N6O8P2S4. The Balaban J connectivity index is 2.64. The van der Waals surface area contributed by atoms with Gasteiger partial charge in [0.15, 0.2) is 17.3 Å². The monoisotopic (exact) mass is 818 g/mol. The van der Waals surface area contributed by atoms with Gasteiger partial charge >= 0.3 is 0 Å². The summed E-state index contributed by atoms with van der Waals surface area (Å²) in [5, 5.41) is 17.1. The van der Waals surface area contributed by atoms with Crippen LogP contribution in [0.5, 0.6) is 0 Å². The van der Waals surface area contributed by atoms with E-state index in [4.69, 9.17) is 2.74 Å². The van der Waals surface area contributed by atoms with Crippen LogP contribution in [0, 0.1) is 0 Å². The molecule has 0 spiro atoms. The first-order valence-electron chi connectivity index (χ1n) is 17.2. The summed E-state index contributed by atoms with van der Waals surface area (Å²) >= 11 is 3.77. The van der Waals surface area contributed by atoms with Gasteiger partial charge in [0.05, 0.1) is 19.1 Å². The summed E-state index contributed by atoms with van der Waals surface area (Å²) in [6.45, 7) is 2.03. The van der Waals surface area contributed by atoms with Crippen molar-refractivity contribution in [3.63, 3.8) is 0 Å². The number of hydrogen-bond acceptors (Lipinski definition) is 13. The maximum absolute atomic E-state index is 13.2. The van der Waals surface area contributed by atoms with E-state index in [0.717, 1.165) is 18.7 Å². The van der Waals surface area contributed by atoms with Crippen LogP contribution in [0.3, 0.4) is 0 Å². The zero-order chi connectivity index (χ0) is 39.1. The van der Waals surface area contributed by atoms with Crippen molar-refractivity contribution in [3.05, 3.63) is 0 Å². The van der Waals surface area contributed by atoms with Crippen molar-refractivity contribution in [1.82, 2.24) is 31.9 Å². The van der Waals surface area contributed by atoms with Crippen molar-refractivity contribution in [2.75, 3.05) is 68.5 Å². The lowest BCUT2D eigenvalue weighted by Gasteiger charge is -2.35. The molecule has 0 bridgehead atoms. The number of amides is 5. The third-order valence-electron chi connectivity index (χ3n) is 7.05. The minimum absolute atomic E-state index is 0.120. The molecule has 20 heteroatoms. The Labute approximate surface area is 318 Å². The summed E-state index contributed by atoms with van der Waals surface area (Å²) in [5.41, 5.74) is 0. The van der Waals surface area contributed by atoms with E-state index in [9.17, 15) is 38.4 Å². The first kappa shape index (κ1) is 43.0. The first-order chi connectivity index (χ1) is 24.6. The number of hydrogen-bond donors (Lipinski definition) is 6. The molecule has 1 saturated carbocycles. The lowest BCUT2D eigenvalue weighted by molar-refractivity contribution is -0.130. The van der Waals surface area contributed by atoms with Crippen LogP contribution in [0.15, 0.2) is 0 Å². The Kier molecular flexibility index (Phi) is 24.2. The quantitative estimate of drug-likeness (QED) is 0.0333. The average molecular weight is 819 g/mol. The molecule has 5 amide bonds. The number of thioether (sulfide) groups is 2. The van der Waals surface area contributed by atoms with Gasteiger partial charge in [0.1, 0.15) is 6.04 Å². The van der Waals surface area contributed by atoms with Gasteiger partial charge in [-0.3, -0.25) is 38.4 Å². The summed E-state index contributed by atoms with van der Waals surface area (Å²) in [4.78, 5) is 97.7. The van der Waals surface area contributed by atoms with Crippen LogP contribution >= 0.6 is 63.6 Å². The second kappa shape index (κ2) is 28.1. The highest BCUT2D eigenvalue weighted by atomic mass is 33.1. The van der Waals surface area contributed by atoms with Crippen LogP contribution in [0.1, 0.15) is 48.2 Å². The van der Waals surface area contributed by atoms with Crippen molar-refractivity contribution in [2.45, 2.75) is 68.0 Å². The van der Waals surface area contributed by atoms with Gasteiger partial charge in [-0.1, -0.05) is 21.6 Å². The molecule has 8 atom stereocenters. The Bertz CT molecular complexity index is 1230. The van der Waals surface area contributed by atoms with Crippen molar-refractivity contribution >= 4 is 110 Å². The van der Waals surface area contributed by atoms with Crippen LogP contribution in [0.25, 0.3) is 0 Å². The van der Waals surface area contributed by atoms with Gasteiger partial charge in [-0.2, -0.15) is 23.5 Å². The smallest absolute Gasteiger partial charge is 0.243 e. The van der Waals surface area contributed by atoms with Gasteiger partial charge < -0.3 is 31.9 Å². The zero-order valence-electron chi connectivity index (χ0n) is 30.4. The highest BCUT2D eigenvalue weighted by Crippen LogP contribution is 2.39. The fraction of sp³-hybridized carbons (Fsp3) is 0.733. The number of carbonyl (C=O) groups excluding carboxylic acids is 8. The Hall–Kier alpha value is -1.42. The molecule has 50 heavy (non-hydrogen) atoms. The maximum atomic E-state index is 13.2. The standard InChI is InChI=1S/C30H52N6O8P2S4/c1-19(37)22(35-28(42)7-5-26(40)33-13-20(38)15-45)17-49-50-18-23(36-29(43)8-6-27(41)34-14-21(39)16-46)30(44)32-10-12-48-25-4-3-24(25)47-11-9-31-2/h22-25,31H,3-18,45-46H2,1-2H3,(H,32,44)(H,33,40)(H,34,41)(H,35,42)(H,36,43)/i15T,16T. The summed E-state index contributed by atoms with van der Waals surface area (Å²) in [7, 11) is 8.40. The molecule has 1 aliphatic rings. The van der Waals surface area contributed by atoms with Crippen molar-refractivity contribution in [1.29, 1.82) is 0 Å². The van der Waals surface area contributed by atoms with Crippen LogP contribution < -0.4 is 31.9 Å². The molecule has 0 heterocycles. The predicted octanol–water partition coefficient (Wildman–Crippen LogP) is -0.0594. The maximum Gasteiger partial charge on any atom is 0.243 e. The lowest BCUT2D eigenvalue weighted by Crippen LogP contribution is -2.49. The molecule has 0 aromatic rings. The van der Waals surface area contributed by atoms with Gasteiger partial charge in [-0.05, 0) is 26.8 Å². The fourth-order valence-electron chi connectivity index (χ4n) is 3.97. The van der Waals surface area contributed by atoms with Crippen LogP contribution in [0.4, 0.5) is 0 Å². The number of rotatable bonds is 29. The molecule has 8 unspecified atom stereocenters. The lowest BCUT2D eigenvalue weighted by atomic mass is 9.99. The van der Waals surface area contributed by atoms with E-state index in [1.807, 2.05) is 49.1 Å². The molecular weight excluding hydrogens is 763 g/mol. The van der Waals surface area contributed by atoms with Crippen molar-refractivity contribution < 1.29 is 41.1 Å². The predicted molar refractivity (Wildman–Crippen MR) is 212 cm³/mol. The van der Waals surface area contributed by atoms with Gasteiger partial charge in [0.2, 0.25) is 29.5 Å². The number of nitrogens with one attached hydrogen (secondary N) is 6. The number of carbonyl (C=O) groups is 8. The molecule has 0 radical (unpaired) electrons. The number of ketones is 3. The second-order valence-corrected chi connectivity index (χ2v) is 16.9. The van der Waals surface area contributed by atoms with Crippen LogP contribution in [-0.2, 0) is 38.4 Å². The normalized spacial score (nSPS) is 18.1. The Morgan fingerprint density at radius 3 is 1.56 bits per heavy atom. The van der Waals surface area contributed by atoms with Gasteiger partial charge in [-0.15, -0.1) is 18.5 Å². The zero-order valence-corrected chi connectivity index (χ0v) is 34.0. The minimum atomic E-state index is -1.06. The molecule has 284 valence electrons. The molecule has 0 aromatic heterocycles. The van der Waals surface area contributed by atoms with E-state index in [-0.39, 0.29) is 56.1 Å². The van der Waals surface area contributed by atoms with Crippen LogP contribution in [-0.4, -0.2) is 138 Å². The molecule has 1 aliphatic carbocycles. The summed E-state index contributed by atoms with van der Waals surface area (Å²) in [6, 6.07) is -1.83. The second-order valence-electron chi connectivity index (χ2n) is 11.0. The fourth-order valence-corrected chi connectivity index (χ4v) is 9.54. The molecule has 6 N–H and O–H groups in total. The van der Waals surface area contributed by atoms with Crippen LogP contribution in [0.2, 0.25) is 0 Å².